The molecule has 0 aliphatic carbocycles. The van der Waals surface area contributed by atoms with Gasteiger partial charge in [-0.05, 0) is 17.7 Å². The molecule has 0 amide bonds. The predicted molar refractivity (Wildman–Crippen MR) is 95.7 cm³/mol. The molecule has 9 heteroatoms. The van der Waals surface area contributed by atoms with Crippen LogP contribution in [0.15, 0.2) is 44.4 Å². The monoisotopic (exact) mass is 389 g/mol. The summed E-state index contributed by atoms with van der Waals surface area (Å²) in [5.41, 5.74) is 0.183. The lowest BCUT2D eigenvalue weighted by atomic mass is 10.1. The first-order valence-electron chi connectivity index (χ1n) is 8.05. The minimum atomic E-state index is -3.62. The van der Waals surface area contributed by atoms with E-state index in [0.29, 0.717) is 35.8 Å². The number of aliphatic hydroxyl groups is 1. The summed E-state index contributed by atoms with van der Waals surface area (Å²) >= 11 is 0. The lowest BCUT2D eigenvalue weighted by molar-refractivity contribution is 0.172. The third kappa shape index (κ3) is 3.15. The van der Waals surface area contributed by atoms with Gasteiger partial charge in [-0.25, -0.2) is 18.2 Å². The number of aliphatic hydroxyl groups excluding tert-OH is 1. The Morgan fingerprint density at radius 1 is 1.11 bits per heavy atom. The highest BCUT2D eigenvalue weighted by Crippen LogP contribution is 2.34. The Morgan fingerprint density at radius 2 is 1.81 bits per heavy atom. The van der Waals surface area contributed by atoms with Gasteiger partial charge in [-0.3, -0.25) is 0 Å². The van der Waals surface area contributed by atoms with Crippen LogP contribution < -0.4 is 15.1 Å². The molecule has 27 heavy (non-hydrogen) atoms. The third-order valence-electron chi connectivity index (χ3n) is 4.15. The summed E-state index contributed by atoms with van der Waals surface area (Å²) in [6.07, 6.45) is 1.05. The van der Waals surface area contributed by atoms with Gasteiger partial charge in [-0.15, -0.1) is 0 Å². The van der Waals surface area contributed by atoms with Crippen LogP contribution in [-0.2, 0) is 16.4 Å². The fourth-order valence-corrected chi connectivity index (χ4v) is 3.75. The van der Waals surface area contributed by atoms with Crippen LogP contribution in [0.5, 0.6) is 11.5 Å². The highest BCUT2D eigenvalue weighted by atomic mass is 32.2. The van der Waals surface area contributed by atoms with E-state index in [0.717, 1.165) is 6.26 Å². The van der Waals surface area contributed by atoms with Crippen LogP contribution in [0.2, 0.25) is 0 Å². The summed E-state index contributed by atoms with van der Waals surface area (Å²) in [6, 6.07) is 7.33. The number of sulfone groups is 1. The van der Waals surface area contributed by atoms with Crippen LogP contribution in [-0.4, -0.2) is 38.0 Å². The lowest BCUT2D eigenvalue weighted by Crippen LogP contribution is -2.16. The molecule has 1 aromatic heterocycles. The number of nitrogens with zero attached hydrogens (tertiary/aromatic N) is 1. The summed E-state index contributed by atoms with van der Waals surface area (Å²) < 4.78 is 40.5. The van der Waals surface area contributed by atoms with Gasteiger partial charge in [0, 0.05) is 18.4 Å². The summed E-state index contributed by atoms with van der Waals surface area (Å²) in [4.78, 5) is 16.7. The number of fused-ring (bicyclic) bond motifs is 2. The second-order valence-electron chi connectivity index (χ2n) is 6.08. The molecule has 2 aromatic carbocycles. The van der Waals surface area contributed by atoms with E-state index in [-0.39, 0.29) is 28.3 Å². The summed E-state index contributed by atoms with van der Waals surface area (Å²) in [6.45, 7) is 0.456. The first-order valence-corrected chi connectivity index (χ1v) is 9.94. The minimum absolute atomic E-state index is 0.0488. The van der Waals surface area contributed by atoms with Gasteiger partial charge in [0.1, 0.15) is 13.2 Å². The zero-order valence-electron chi connectivity index (χ0n) is 14.3. The second-order valence-corrected chi connectivity index (χ2v) is 8.06. The smallest absolute Gasteiger partial charge is 0.347 e. The maximum absolute atomic E-state index is 12.5. The Hall–Kier alpha value is -2.91. The van der Waals surface area contributed by atoms with E-state index in [1.54, 1.807) is 6.07 Å². The van der Waals surface area contributed by atoms with Crippen molar-refractivity contribution >= 4 is 20.7 Å². The molecule has 4 rings (SSSR count). The average molecular weight is 389 g/mol. The number of hydrogen-bond acceptors (Lipinski definition) is 8. The Kier molecular flexibility index (Phi) is 4.12. The molecular formula is C18H15NO7S. The van der Waals surface area contributed by atoms with Crippen molar-refractivity contribution in [3.05, 3.63) is 46.3 Å². The highest BCUT2D eigenvalue weighted by molar-refractivity contribution is 7.90. The van der Waals surface area contributed by atoms with Crippen LogP contribution >= 0.6 is 0 Å². The molecule has 3 aromatic rings. The van der Waals surface area contributed by atoms with Gasteiger partial charge in [0.05, 0.1) is 28.0 Å². The fraction of sp³-hybridized carbons (Fsp3) is 0.222. The van der Waals surface area contributed by atoms with Gasteiger partial charge in [0.15, 0.2) is 21.3 Å². The van der Waals surface area contributed by atoms with Crippen molar-refractivity contribution < 1.29 is 27.4 Å². The van der Waals surface area contributed by atoms with E-state index in [1.165, 1.54) is 24.3 Å². The van der Waals surface area contributed by atoms with Crippen LogP contribution in [0.25, 0.3) is 22.4 Å². The maximum atomic E-state index is 12.5. The molecule has 1 aliphatic rings. The molecule has 2 heterocycles. The molecule has 0 unspecified atom stereocenters. The predicted octanol–water partition coefficient (Wildman–Crippen LogP) is 1.52. The molecule has 0 saturated carbocycles. The number of benzene rings is 2. The SMILES string of the molecule is CS(=O)(=O)c1ccc(CO)cc1-c1nc2cc3c(cc2c(=O)o1)OCCO3. The van der Waals surface area contributed by atoms with Crippen molar-refractivity contribution in [1.29, 1.82) is 0 Å². The van der Waals surface area contributed by atoms with Crippen molar-refractivity contribution in [2.45, 2.75) is 11.5 Å². The number of aromatic nitrogens is 1. The van der Waals surface area contributed by atoms with Crippen molar-refractivity contribution in [2.24, 2.45) is 0 Å². The quantitative estimate of drug-likeness (QED) is 0.717. The van der Waals surface area contributed by atoms with E-state index in [1.807, 2.05) is 0 Å². The molecule has 0 radical (unpaired) electrons. The molecule has 0 spiro atoms. The van der Waals surface area contributed by atoms with E-state index >= 15 is 0 Å². The highest BCUT2D eigenvalue weighted by Gasteiger charge is 2.21. The number of ether oxygens (including phenoxy) is 2. The van der Waals surface area contributed by atoms with Crippen molar-refractivity contribution in [1.82, 2.24) is 4.98 Å². The third-order valence-corrected chi connectivity index (χ3v) is 5.30. The fourth-order valence-electron chi connectivity index (χ4n) is 2.89. The topological polar surface area (TPSA) is 116 Å². The van der Waals surface area contributed by atoms with E-state index in [2.05, 4.69) is 4.98 Å². The first-order chi connectivity index (χ1) is 12.9. The normalized spacial score (nSPS) is 13.7. The number of rotatable bonds is 3. The maximum Gasteiger partial charge on any atom is 0.347 e. The van der Waals surface area contributed by atoms with Gasteiger partial charge < -0.3 is 19.0 Å². The minimum Gasteiger partial charge on any atom is -0.486 e. The number of hydrogen-bond donors (Lipinski definition) is 1. The summed E-state index contributed by atoms with van der Waals surface area (Å²) in [5, 5.41) is 9.57. The summed E-state index contributed by atoms with van der Waals surface area (Å²) in [5.74, 6) is 0.722. The van der Waals surface area contributed by atoms with Crippen LogP contribution in [0.1, 0.15) is 5.56 Å². The zero-order valence-corrected chi connectivity index (χ0v) is 15.1. The van der Waals surface area contributed by atoms with Crippen LogP contribution in [0.4, 0.5) is 0 Å². The second kappa shape index (κ2) is 6.36. The lowest BCUT2D eigenvalue weighted by Gasteiger charge is -2.18. The molecule has 140 valence electrons. The van der Waals surface area contributed by atoms with E-state index in [4.69, 9.17) is 13.9 Å². The molecule has 8 nitrogen and oxygen atoms in total. The van der Waals surface area contributed by atoms with E-state index < -0.39 is 15.5 Å². The molecular weight excluding hydrogens is 374 g/mol. The van der Waals surface area contributed by atoms with Crippen molar-refractivity contribution in [3.8, 4) is 23.0 Å². The molecule has 1 aliphatic heterocycles. The standard InChI is InChI=1S/C18H15NO7S/c1-27(22,23)16-3-2-10(9-20)6-12(16)17-19-13-8-15-14(24-4-5-25-15)7-11(13)18(21)26-17/h2-3,6-8,20H,4-5,9H2,1H3. The first kappa shape index (κ1) is 17.5. The zero-order chi connectivity index (χ0) is 19.2. The average Bonchev–Trinajstić information content (AvgIpc) is 2.65. The Labute approximate surface area is 153 Å². The van der Waals surface area contributed by atoms with Gasteiger partial charge in [0.2, 0.25) is 5.89 Å². The van der Waals surface area contributed by atoms with Gasteiger partial charge in [0.25, 0.3) is 0 Å². The van der Waals surface area contributed by atoms with Gasteiger partial charge in [-0.2, -0.15) is 0 Å². The van der Waals surface area contributed by atoms with Gasteiger partial charge >= 0.3 is 5.63 Å². The summed E-state index contributed by atoms with van der Waals surface area (Å²) in [7, 11) is -3.62. The van der Waals surface area contributed by atoms with E-state index in [9.17, 15) is 18.3 Å². The Balaban J connectivity index is 1.99. The molecule has 0 bridgehead atoms. The van der Waals surface area contributed by atoms with Crippen molar-refractivity contribution in [2.75, 3.05) is 19.5 Å². The van der Waals surface area contributed by atoms with Crippen LogP contribution in [0, 0.1) is 0 Å². The van der Waals surface area contributed by atoms with Gasteiger partial charge in [-0.1, -0.05) is 6.07 Å². The molecule has 1 N–H and O–H groups in total. The largest absolute Gasteiger partial charge is 0.486 e. The molecule has 0 fully saturated rings. The Bertz CT molecular complexity index is 1210. The molecule has 0 saturated heterocycles. The molecule has 0 atom stereocenters. The Morgan fingerprint density at radius 3 is 2.48 bits per heavy atom. The van der Waals surface area contributed by atoms with Crippen molar-refractivity contribution in [3.63, 3.8) is 0 Å². The van der Waals surface area contributed by atoms with Crippen LogP contribution in [0.3, 0.4) is 0 Å².